The first-order valence-electron chi connectivity index (χ1n) is 5.60. The molecule has 0 radical (unpaired) electrons. The summed E-state index contributed by atoms with van der Waals surface area (Å²) in [7, 11) is 4.82. The van der Waals surface area contributed by atoms with Gasteiger partial charge in [-0.25, -0.2) is 0 Å². The molecule has 0 spiro atoms. The van der Waals surface area contributed by atoms with Crippen molar-refractivity contribution in [3.05, 3.63) is 34.3 Å². The molecule has 4 nitrogen and oxygen atoms in total. The Balaban J connectivity index is 2.54. The number of nitrogens with zero attached hydrogens (tertiary/aromatic N) is 1. The van der Waals surface area contributed by atoms with Crippen molar-refractivity contribution in [1.82, 2.24) is 4.90 Å². The Morgan fingerprint density at radius 3 is 2.61 bits per heavy atom. The van der Waals surface area contributed by atoms with Crippen molar-refractivity contribution in [2.75, 3.05) is 21.3 Å². The zero-order valence-electron chi connectivity index (χ0n) is 10.9. The maximum atomic E-state index is 11.9. The van der Waals surface area contributed by atoms with E-state index in [0.717, 1.165) is 10.0 Å². The van der Waals surface area contributed by atoms with Crippen LogP contribution in [0.1, 0.15) is 12.0 Å². The summed E-state index contributed by atoms with van der Waals surface area (Å²) in [6, 6.07) is 7.88. The molecule has 0 saturated heterocycles. The number of hydrogen-bond acceptors (Lipinski definition) is 3. The summed E-state index contributed by atoms with van der Waals surface area (Å²) < 4.78 is 11.0. The highest BCUT2D eigenvalue weighted by molar-refractivity contribution is 9.10. The monoisotopic (exact) mass is 315 g/mol. The van der Waals surface area contributed by atoms with Gasteiger partial charge >= 0.3 is 0 Å². The van der Waals surface area contributed by atoms with Crippen LogP contribution in [0.25, 0.3) is 0 Å². The number of methoxy groups -OCH3 is 2. The van der Waals surface area contributed by atoms with E-state index in [2.05, 4.69) is 15.9 Å². The van der Waals surface area contributed by atoms with Crippen LogP contribution in [0, 0.1) is 0 Å². The van der Waals surface area contributed by atoms with E-state index in [1.54, 1.807) is 11.9 Å². The third-order valence-corrected chi connectivity index (χ3v) is 3.09. The van der Waals surface area contributed by atoms with Gasteiger partial charge in [-0.2, -0.15) is 0 Å². The molecular formula is C13H18BrNO3. The van der Waals surface area contributed by atoms with Crippen LogP contribution in [0.15, 0.2) is 28.7 Å². The average Bonchev–Trinajstić information content (AvgIpc) is 2.35. The van der Waals surface area contributed by atoms with Gasteiger partial charge in [-0.05, 0) is 17.7 Å². The lowest BCUT2D eigenvalue weighted by molar-refractivity contribution is -0.147. The SMILES string of the molecule is COC(CC(=O)N(C)Cc1cccc(Br)c1)OC. The van der Waals surface area contributed by atoms with E-state index in [4.69, 9.17) is 9.47 Å². The summed E-state index contributed by atoms with van der Waals surface area (Å²) in [4.78, 5) is 13.6. The minimum atomic E-state index is -0.484. The van der Waals surface area contributed by atoms with Crippen LogP contribution in [0.4, 0.5) is 0 Å². The van der Waals surface area contributed by atoms with Gasteiger partial charge in [0.15, 0.2) is 6.29 Å². The smallest absolute Gasteiger partial charge is 0.227 e. The van der Waals surface area contributed by atoms with E-state index in [1.165, 1.54) is 14.2 Å². The Kier molecular flexibility index (Phi) is 6.32. The van der Waals surface area contributed by atoms with E-state index in [1.807, 2.05) is 24.3 Å². The molecule has 0 bridgehead atoms. The first-order valence-corrected chi connectivity index (χ1v) is 6.40. The van der Waals surface area contributed by atoms with Crippen molar-refractivity contribution in [2.45, 2.75) is 19.3 Å². The van der Waals surface area contributed by atoms with Crippen LogP contribution in [0.5, 0.6) is 0 Å². The molecule has 18 heavy (non-hydrogen) atoms. The number of carbonyl (C=O) groups is 1. The van der Waals surface area contributed by atoms with Crippen molar-refractivity contribution in [3.63, 3.8) is 0 Å². The molecule has 0 unspecified atom stereocenters. The van der Waals surface area contributed by atoms with Crippen LogP contribution >= 0.6 is 15.9 Å². The highest BCUT2D eigenvalue weighted by Crippen LogP contribution is 2.13. The Bertz CT molecular complexity index is 394. The highest BCUT2D eigenvalue weighted by Gasteiger charge is 2.16. The Morgan fingerprint density at radius 2 is 2.06 bits per heavy atom. The molecule has 0 aromatic heterocycles. The van der Waals surface area contributed by atoms with Gasteiger partial charge < -0.3 is 14.4 Å². The molecule has 1 rings (SSSR count). The van der Waals surface area contributed by atoms with Crippen LogP contribution in [0.2, 0.25) is 0 Å². The van der Waals surface area contributed by atoms with Gasteiger partial charge in [0, 0.05) is 32.3 Å². The molecule has 100 valence electrons. The number of hydrogen-bond donors (Lipinski definition) is 0. The second-order valence-electron chi connectivity index (χ2n) is 3.98. The lowest BCUT2D eigenvalue weighted by Crippen LogP contribution is -2.30. The summed E-state index contributed by atoms with van der Waals surface area (Å²) in [6.07, 6.45) is -0.264. The van der Waals surface area contributed by atoms with Crippen molar-refractivity contribution in [2.24, 2.45) is 0 Å². The van der Waals surface area contributed by atoms with E-state index < -0.39 is 6.29 Å². The maximum Gasteiger partial charge on any atom is 0.227 e. The minimum Gasteiger partial charge on any atom is -0.355 e. The Morgan fingerprint density at radius 1 is 1.39 bits per heavy atom. The summed E-state index contributed by atoms with van der Waals surface area (Å²) in [5, 5.41) is 0. The van der Waals surface area contributed by atoms with Crippen LogP contribution < -0.4 is 0 Å². The predicted octanol–water partition coefficient (Wildman–Crippen LogP) is 2.42. The molecule has 0 N–H and O–H groups in total. The third-order valence-electron chi connectivity index (χ3n) is 2.60. The topological polar surface area (TPSA) is 38.8 Å². The van der Waals surface area contributed by atoms with E-state index in [9.17, 15) is 4.79 Å². The van der Waals surface area contributed by atoms with Crippen LogP contribution in [0.3, 0.4) is 0 Å². The molecule has 1 aromatic rings. The van der Waals surface area contributed by atoms with Crippen LogP contribution in [-0.4, -0.2) is 38.4 Å². The lowest BCUT2D eigenvalue weighted by Gasteiger charge is -2.20. The number of halogens is 1. The van der Waals surface area contributed by atoms with Gasteiger partial charge in [0.25, 0.3) is 0 Å². The molecule has 0 atom stereocenters. The summed E-state index contributed by atoms with van der Waals surface area (Å²) in [6.45, 7) is 0.568. The molecule has 1 amide bonds. The zero-order chi connectivity index (χ0) is 13.5. The molecule has 0 aliphatic rings. The molecule has 0 heterocycles. The fraction of sp³-hybridized carbons (Fsp3) is 0.462. The van der Waals surface area contributed by atoms with E-state index >= 15 is 0 Å². The molecule has 0 fully saturated rings. The highest BCUT2D eigenvalue weighted by atomic mass is 79.9. The second-order valence-corrected chi connectivity index (χ2v) is 4.90. The number of benzene rings is 1. The normalized spacial score (nSPS) is 10.7. The Labute approximate surface area is 116 Å². The van der Waals surface area contributed by atoms with Crippen molar-refractivity contribution < 1.29 is 14.3 Å². The summed E-state index contributed by atoms with van der Waals surface area (Å²) in [5.74, 6) is -0.0105. The molecule has 5 heteroatoms. The van der Waals surface area contributed by atoms with Gasteiger partial charge in [-0.1, -0.05) is 28.1 Å². The molecule has 0 saturated carbocycles. The number of carbonyl (C=O) groups excluding carboxylic acids is 1. The average molecular weight is 316 g/mol. The number of ether oxygens (including phenoxy) is 2. The minimum absolute atomic E-state index is 0.0105. The quantitative estimate of drug-likeness (QED) is 0.757. The van der Waals surface area contributed by atoms with Crippen molar-refractivity contribution in [3.8, 4) is 0 Å². The Hall–Kier alpha value is -0.910. The van der Waals surface area contributed by atoms with E-state index in [0.29, 0.717) is 6.54 Å². The van der Waals surface area contributed by atoms with Gasteiger partial charge in [-0.15, -0.1) is 0 Å². The van der Waals surface area contributed by atoms with Gasteiger partial charge in [0.2, 0.25) is 5.91 Å². The van der Waals surface area contributed by atoms with Crippen LogP contribution in [-0.2, 0) is 20.8 Å². The van der Waals surface area contributed by atoms with Gasteiger partial charge in [0.1, 0.15) is 0 Å². The largest absolute Gasteiger partial charge is 0.355 e. The second kappa shape index (κ2) is 7.51. The third kappa shape index (κ3) is 4.76. The lowest BCUT2D eigenvalue weighted by atomic mass is 10.2. The fourth-order valence-electron chi connectivity index (χ4n) is 1.56. The first kappa shape index (κ1) is 15.1. The van der Waals surface area contributed by atoms with E-state index in [-0.39, 0.29) is 12.3 Å². The molecular weight excluding hydrogens is 298 g/mol. The van der Waals surface area contributed by atoms with Gasteiger partial charge in [-0.3, -0.25) is 4.79 Å². The van der Waals surface area contributed by atoms with Crippen molar-refractivity contribution in [1.29, 1.82) is 0 Å². The molecule has 1 aromatic carbocycles. The summed E-state index contributed by atoms with van der Waals surface area (Å²) in [5.41, 5.74) is 1.08. The van der Waals surface area contributed by atoms with Crippen molar-refractivity contribution >= 4 is 21.8 Å². The number of amides is 1. The summed E-state index contributed by atoms with van der Waals surface area (Å²) >= 11 is 3.41. The molecule has 0 aliphatic heterocycles. The van der Waals surface area contributed by atoms with Gasteiger partial charge in [0.05, 0.1) is 6.42 Å². The standard InChI is InChI=1S/C13H18BrNO3/c1-15(12(16)8-13(17-2)18-3)9-10-5-4-6-11(14)7-10/h4-7,13H,8-9H2,1-3H3. The number of rotatable bonds is 6. The fourth-order valence-corrected chi connectivity index (χ4v) is 2.01. The zero-order valence-corrected chi connectivity index (χ0v) is 12.4. The first-order chi connectivity index (χ1) is 8.56. The maximum absolute atomic E-state index is 11.9. The molecule has 0 aliphatic carbocycles. The predicted molar refractivity (Wildman–Crippen MR) is 73.0 cm³/mol.